The Morgan fingerprint density at radius 2 is 1.89 bits per heavy atom. The van der Waals surface area contributed by atoms with E-state index in [1.54, 1.807) is 0 Å². The molecule has 0 unspecified atom stereocenters. The van der Waals surface area contributed by atoms with Gasteiger partial charge in [0.05, 0.1) is 17.8 Å². The van der Waals surface area contributed by atoms with Gasteiger partial charge in [-0.05, 0) is 61.6 Å². The maximum absolute atomic E-state index is 2.50. The molecule has 2 aliphatic rings. The van der Waals surface area contributed by atoms with Crippen molar-refractivity contribution in [2.24, 2.45) is 0 Å². The molecular weight excluding hydrogens is 348 g/mol. The van der Waals surface area contributed by atoms with Gasteiger partial charge >= 0.3 is 0 Å². The normalized spacial score (nSPS) is 17.3. The van der Waals surface area contributed by atoms with Crippen molar-refractivity contribution in [1.82, 2.24) is 0 Å². The van der Waals surface area contributed by atoms with E-state index in [0.717, 1.165) is 25.9 Å². The molecule has 4 heterocycles. The molecule has 0 N–H and O–H groups in total. The second-order valence-electron chi connectivity index (χ2n) is 7.99. The molecule has 2 aliphatic heterocycles. The SMILES string of the molecule is CCC1(CC)C(C)=CN2CC[n+]3ccc4c(-c5ccc(C)s5)ccc1c4c32. The molecule has 138 valence electrons. The summed E-state index contributed by atoms with van der Waals surface area (Å²) in [6.45, 7) is 11.4. The van der Waals surface area contributed by atoms with E-state index in [0.29, 0.717) is 0 Å². The van der Waals surface area contributed by atoms with Gasteiger partial charge in [0.25, 0.3) is 5.82 Å². The Bertz CT molecular complexity index is 1090. The molecule has 3 aromatic rings. The first-order valence-corrected chi connectivity index (χ1v) is 10.9. The first kappa shape index (κ1) is 17.0. The van der Waals surface area contributed by atoms with Crippen molar-refractivity contribution in [1.29, 1.82) is 0 Å². The monoisotopic (exact) mass is 375 g/mol. The molecule has 3 heteroatoms. The summed E-state index contributed by atoms with van der Waals surface area (Å²) in [6.07, 6.45) is 7.00. The zero-order valence-electron chi connectivity index (χ0n) is 16.7. The van der Waals surface area contributed by atoms with E-state index in [2.05, 4.69) is 79.9 Å². The van der Waals surface area contributed by atoms with Crippen LogP contribution >= 0.6 is 11.3 Å². The zero-order chi connectivity index (χ0) is 18.8. The van der Waals surface area contributed by atoms with Crippen LogP contribution in [0.5, 0.6) is 0 Å². The largest absolute Gasteiger partial charge is 0.289 e. The zero-order valence-corrected chi connectivity index (χ0v) is 17.5. The lowest BCUT2D eigenvalue weighted by atomic mass is 9.69. The summed E-state index contributed by atoms with van der Waals surface area (Å²) < 4.78 is 2.44. The van der Waals surface area contributed by atoms with Crippen molar-refractivity contribution in [3.63, 3.8) is 0 Å². The number of aryl methyl sites for hydroxylation is 1. The van der Waals surface area contributed by atoms with Crippen LogP contribution in [-0.2, 0) is 12.0 Å². The Morgan fingerprint density at radius 1 is 1.07 bits per heavy atom. The Labute approximate surface area is 165 Å². The molecule has 0 bridgehead atoms. The number of rotatable bonds is 3. The van der Waals surface area contributed by atoms with Crippen LogP contribution < -0.4 is 9.47 Å². The molecule has 0 spiro atoms. The maximum Gasteiger partial charge on any atom is 0.289 e. The molecule has 2 nitrogen and oxygen atoms in total. The molecule has 27 heavy (non-hydrogen) atoms. The van der Waals surface area contributed by atoms with Gasteiger partial charge in [0, 0.05) is 20.6 Å². The number of hydrogen-bond acceptors (Lipinski definition) is 2. The molecule has 5 rings (SSSR count). The van der Waals surface area contributed by atoms with E-state index in [-0.39, 0.29) is 5.41 Å². The Balaban J connectivity index is 1.93. The van der Waals surface area contributed by atoms with Crippen molar-refractivity contribution < 1.29 is 4.57 Å². The molecule has 0 amide bonds. The van der Waals surface area contributed by atoms with Crippen molar-refractivity contribution in [2.45, 2.75) is 52.5 Å². The summed E-state index contributed by atoms with van der Waals surface area (Å²) >= 11 is 1.90. The van der Waals surface area contributed by atoms with Crippen LogP contribution in [0.3, 0.4) is 0 Å². The minimum atomic E-state index is 0.127. The van der Waals surface area contributed by atoms with Crippen LogP contribution in [0.4, 0.5) is 5.82 Å². The van der Waals surface area contributed by atoms with Gasteiger partial charge in [-0.15, -0.1) is 11.3 Å². The van der Waals surface area contributed by atoms with Gasteiger partial charge < -0.3 is 0 Å². The molecule has 0 fully saturated rings. The lowest BCUT2D eigenvalue weighted by Gasteiger charge is -2.33. The van der Waals surface area contributed by atoms with E-state index < -0.39 is 0 Å². The average Bonchev–Trinajstić information content (AvgIpc) is 3.27. The number of hydrogen-bond donors (Lipinski definition) is 0. The summed E-state index contributed by atoms with van der Waals surface area (Å²) in [5, 5.41) is 2.87. The fourth-order valence-electron chi connectivity index (χ4n) is 5.30. The fraction of sp³-hybridized carbons (Fsp3) is 0.375. The lowest BCUT2D eigenvalue weighted by Crippen LogP contribution is -2.31. The predicted octanol–water partition coefficient (Wildman–Crippen LogP) is 5.96. The van der Waals surface area contributed by atoms with E-state index in [4.69, 9.17) is 0 Å². The summed E-state index contributed by atoms with van der Waals surface area (Å²) in [5.41, 5.74) is 4.52. The quantitative estimate of drug-likeness (QED) is 0.512. The van der Waals surface area contributed by atoms with Gasteiger partial charge in [-0.25, -0.2) is 9.47 Å². The Morgan fingerprint density at radius 3 is 2.59 bits per heavy atom. The highest BCUT2D eigenvalue weighted by molar-refractivity contribution is 7.15. The summed E-state index contributed by atoms with van der Waals surface area (Å²) in [5.74, 6) is 1.39. The summed E-state index contributed by atoms with van der Waals surface area (Å²) in [7, 11) is 0. The van der Waals surface area contributed by atoms with Gasteiger partial charge in [-0.3, -0.25) is 0 Å². The number of aromatic nitrogens is 1. The van der Waals surface area contributed by atoms with E-state index in [9.17, 15) is 0 Å². The van der Waals surface area contributed by atoms with E-state index >= 15 is 0 Å². The minimum absolute atomic E-state index is 0.127. The van der Waals surface area contributed by atoms with Crippen LogP contribution in [0.25, 0.3) is 21.2 Å². The summed E-state index contributed by atoms with van der Waals surface area (Å²) in [6, 6.07) is 11.7. The standard InChI is InChI=1S/C24H27N2S/c1-5-24(6-2)16(3)15-26-14-13-25-12-11-19-18(21-10-7-17(4)27-21)8-9-20(24)22(19)23(25)26/h7-12,15H,5-6,13-14H2,1-4H3/q+1. The number of pyridine rings is 1. The van der Waals surface area contributed by atoms with Crippen molar-refractivity contribution >= 4 is 27.9 Å². The van der Waals surface area contributed by atoms with Gasteiger partial charge in [0.15, 0.2) is 0 Å². The van der Waals surface area contributed by atoms with Crippen molar-refractivity contribution in [2.75, 3.05) is 11.4 Å². The molecular formula is C24H27N2S+. The molecule has 1 aromatic carbocycles. The van der Waals surface area contributed by atoms with E-state index in [1.807, 2.05) is 11.3 Å². The van der Waals surface area contributed by atoms with Crippen molar-refractivity contribution in [3.05, 3.63) is 58.7 Å². The van der Waals surface area contributed by atoms with Crippen molar-refractivity contribution in [3.8, 4) is 10.4 Å². The Hall–Kier alpha value is -2.13. The topological polar surface area (TPSA) is 7.12 Å². The van der Waals surface area contributed by atoms with Crippen LogP contribution in [-0.4, -0.2) is 6.54 Å². The smallest absolute Gasteiger partial charge is 0.230 e. The molecule has 0 saturated heterocycles. The van der Waals surface area contributed by atoms with Gasteiger partial charge in [0.1, 0.15) is 13.1 Å². The van der Waals surface area contributed by atoms with Crippen LogP contribution in [0.15, 0.2) is 48.3 Å². The van der Waals surface area contributed by atoms with Crippen LogP contribution in [0.2, 0.25) is 0 Å². The molecule has 0 aliphatic carbocycles. The van der Waals surface area contributed by atoms with E-state index in [1.165, 1.54) is 43.0 Å². The van der Waals surface area contributed by atoms with Gasteiger partial charge in [-0.2, -0.15) is 0 Å². The molecule has 0 atom stereocenters. The van der Waals surface area contributed by atoms with Gasteiger partial charge in [-0.1, -0.05) is 26.0 Å². The van der Waals surface area contributed by atoms with Crippen LogP contribution in [0.1, 0.15) is 44.1 Å². The number of nitrogens with zero attached hydrogens (tertiary/aromatic N) is 2. The number of anilines is 1. The van der Waals surface area contributed by atoms with Crippen LogP contribution in [0, 0.1) is 6.92 Å². The fourth-order valence-corrected chi connectivity index (χ4v) is 6.21. The minimum Gasteiger partial charge on any atom is -0.230 e. The van der Waals surface area contributed by atoms with Gasteiger partial charge in [0.2, 0.25) is 0 Å². The average molecular weight is 376 g/mol. The predicted molar refractivity (Wildman–Crippen MR) is 116 cm³/mol. The lowest BCUT2D eigenvalue weighted by molar-refractivity contribution is -0.669. The highest BCUT2D eigenvalue weighted by Gasteiger charge is 2.41. The number of benzene rings is 1. The maximum atomic E-state index is 2.50. The third kappa shape index (κ3) is 2.21. The first-order valence-electron chi connectivity index (χ1n) is 10.1. The summed E-state index contributed by atoms with van der Waals surface area (Å²) in [4.78, 5) is 5.25. The number of thiophene rings is 1. The molecule has 0 radical (unpaired) electrons. The second-order valence-corrected chi connectivity index (χ2v) is 9.28. The molecule has 0 saturated carbocycles. The third-order valence-electron chi connectivity index (χ3n) is 6.85. The Kier molecular flexibility index (Phi) is 3.74. The first-order chi connectivity index (χ1) is 13.1. The third-order valence-corrected chi connectivity index (χ3v) is 7.88. The molecule has 2 aromatic heterocycles. The highest BCUT2D eigenvalue weighted by atomic mass is 32.1. The number of allylic oxidation sites excluding steroid dienone is 1. The highest BCUT2D eigenvalue weighted by Crippen LogP contribution is 2.49. The second kappa shape index (κ2) is 5.93.